The first kappa shape index (κ1) is 14.0. The molecular weight excluding hydrogens is 288 g/mol. The highest BCUT2D eigenvalue weighted by atomic mass is 32.2. The smallest absolute Gasteiger partial charge is 0.339 e. The number of benzene rings is 1. The molecule has 0 bridgehead atoms. The summed E-state index contributed by atoms with van der Waals surface area (Å²) in [6, 6.07) is 4.47. The minimum Gasteiger partial charge on any atom is -0.507 e. The zero-order chi connectivity index (χ0) is 14.8. The predicted molar refractivity (Wildman–Crippen MR) is 65.6 cm³/mol. The van der Waals surface area contributed by atoms with Gasteiger partial charge >= 0.3 is 5.97 Å². The molecule has 3 N–H and O–H groups in total. The second-order valence-corrected chi connectivity index (χ2v) is 5.55. The van der Waals surface area contributed by atoms with Gasteiger partial charge < -0.3 is 14.7 Å². The second kappa shape index (κ2) is 5.31. The Morgan fingerprint density at radius 2 is 2.10 bits per heavy atom. The van der Waals surface area contributed by atoms with Crippen molar-refractivity contribution in [3.8, 4) is 5.75 Å². The number of carboxylic acids is 1. The van der Waals surface area contributed by atoms with Gasteiger partial charge in [-0.25, -0.2) is 17.9 Å². The normalized spacial score (nSPS) is 11.4. The van der Waals surface area contributed by atoms with E-state index in [1.165, 1.54) is 12.3 Å². The molecule has 0 atom stereocenters. The molecule has 0 unspecified atom stereocenters. The minimum absolute atomic E-state index is 0.119. The molecule has 0 amide bonds. The van der Waals surface area contributed by atoms with Crippen molar-refractivity contribution in [1.29, 1.82) is 0 Å². The van der Waals surface area contributed by atoms with Crippen LogP contribution in [0.1, 0.15) is 16.1 Å². The maximum atomic E-state index is 12.0. The van der Waals surface area contributed by atoms with Crippen molar-refractivity contribution < 1.29 is 27.9 Å². The zero-order valence-corrected chi connectivity index (χ0v) is 10.8. The number of carbonyl (C=O) groups is 1. The number of sulfonamides is 1. The van der Waals surface area contributed by atoms with Gasteiger partial charge in [-0.05, 0) is 18.2 Å². The topological polar surface area (TPSA) is 130 Å². The van der Waals surface area contributed by atoms with Crippen LogP contribution < -0.4 is 4.72 Å². The Morgan fingerprint density at radius 3 is 2.70 bits per heavy atom. The lowest BCUT2D eigenvalue weighted by molar-refractivity contribution is 0.0693. The number of nitrogens with one attached hydrogen (secondary N) is 1. The summed E-state index contributed by atoms with van der Waals surface area (Å²) in [5, 5.41) is 21.6. The summed E-state index contributed by atoms with van der Waals surface area (Å²) in [6.07, 6.45) is 1.37. The predicted octanol–water partition coefficient (Wildman–Crippen LogP) is 0.557. The maximum Gasteiger partial charge on any atom is 0.339 e. The number of aromatic carboxylic acids is 1. The van der Waals surface area contributed by atoms with E-state index in [0.29, 0.717) is 5.76 Å². The number of aromatic nitrogens is 1. The molecule has 20 heavy (non-hydrogen) atoms. The fraction of sp³-hybridized carbons (Fsp3) is 0.0909. The third-order valence-corrected chi connectivity index (χ3v) is 3.84. The third kappa shape index (κ3) is 2.95. The first-order chi connectivity index (χ1) is 9.40. The van der Waals surface area contributed by atoms with Crippen LogP contribution in [0.15, 0.2) is 39.9 Å². The van der Waals surface area contributed by atoms with Gasteiger partial charge in [0.15, 0.2) is 5.76 Å². The summed E-state index contributed by atoms with van der Waals surface area (Å²) < 4.78 is 30.9. The summed E-state index contributed by atoms with van der Waals surface area (Å²) in [5.41, 5.74) is -0.493. The summed E-state index contributed by atoms with van der Waals surface area (Å²) in [5.74, 6) is -1.62. The van der Waals surface area contributed by atoms with Crippen LogP contribution in [-0.2, 0) is 16.6 Å². The van der Waals surface area contributed by atoms with Gasteiger partial charge in [-0.1, -0.05) is 5.16 Å². The SMILES string of the molecule is O=C(O)c1cc(S(=O)(=O)NCc2ccno2)ccc1O. The van der Waals surface area contributed by atoms with Crippen LogP contribution in [0.25, 0.3) is 0 Å². The van der Waals surface area contributed by atoms with Crippen LogP contribution in [0.4, 0.5) is 0 Å². The summed E-state index contributed by atoms with van der Waals surface area (Å²) in [4.78, 5) is 10.6. The Labute approximate surface area is 113 Å². The van der Waals surface area contributed by atoms with Gasteiger partial charge in [0.1, 0.15) is 11.3 Å². The van der Waals surface area contributed by atoms with E-state index in [4.69, 9.17) is 9.63 Å². The molecule has 8 nitrogen and oxygen atoms in total. The second-order valence-electron chi connectivity index (χ2n) is 3.79. The lowest BCUT2D eigenvalue weighted by atomic mass is 10.2. The van der Waals surface area contributed by atoms with Gasteiger partial charge in [-0.2, -0.15) is 0 Å². The minimum atomic E-state index is -3.92. The molecule has 2 rings (SSSR count). The molecule has 0 saturated carbocycles. The first-order valence-corrected chi connectivity index (χ1v) is 6.84. The highest BCUT2D eigenvalue weighted by molar-refractivity contribution is 7.89. The molecule has 9 heteroatoms. The van der Waals surface area contributed by atoms with E-state index in [0.717, 1.165) is 18.2 Å². The number of carboxylic acid groups (broad SMARTS) is 1. The molecule has 0 aliphatic heterocycles. The maximum absolute atomic E-state index is 12.0. The van der Waals surface area contributed by atoms with Crippen molar-refractivity contribution in [2.75, 3.05) is 0 Å². The Morgan fingerprint density at radius 1 is 1.35 bits per heavy atom. The summed E-state index contributed by atoms with van der Waals surface area (Å²) >= 11 is 0. The molecule has 1 aromatic carbocycles. The van der Waals surface area contributed by atoms with E-state index in [1.807, 2.05) is 0 Å². The fourth-order valence-electron chi connectivity index (χ4n) is 1.44. The third-order valence-electron chi connectivity index (χ3n) is 2.44. The molecular formula is C11H10N2O6S. The van der Waals surface area contributed by atoms with Gasteiger partial charge in [-0.3, -0.25) is 0 Å². The van der Waals surface area contributed by atoms with E-state index in [2.05, 4.69) is 9.88 Å². The lowest BCUT2D eigenvalue weighted by Gasteiger charge is -2.07. The van der Waals surface area contributed by atoms with Gasteiger partial charge in [-0.15, -0.1) is 0 Å². The molecule has 0 aliphatic carbocycles. The molecule has 1 aromatic heterocycles. The van der Waals surface area contributed by atoms with Crippen molar-refractivity contribution in [2.45, 2.75) is 11.4 Å². The highest BCUT2D eigenvalue weighted by Gasteiger charge is 2.19. The number of phenols is 1. The highest BCUT2D eigenvalue weighted by Crippen LogP contribution is 2.21. The van der Waals surface area contributed by atoms with Crippen molar-refractivity contribution in [3.63, 3.8) is 0 Å². The van der Waals surface area contributed by atoms with E-state index in [1.54, 1.807) is 0 Å². The number of aromatic hydroxyl groups is 1. The first-order valence-electron chi connectivity index (χ1n) is 5.35. The van der Waals surface area contributed by atoms with Gasteiger partial charge in [0.25, 0.3) is 0 Å². The average Bonchev–Trinajstić information content (AvgIpc) is 2.89. The van der Waals surface area contributed by atoms with E-state index in [-0.39, 0.29) is 11.4 Å². The van der Waals surface area contributed by atoms with Crippen LogP contribution in [0.2, 0.25) is 0 Å². The summed E-state index contributed by atoms with van der Waals surface area (Å²) in [6.45, 7) is -0.119. The van der Waals surface area contributed by atoms with Crippen molar-refractivity contribution in [2.24, 2.45) is 0 Å². The van der Waals surface area contributed by atoms with E-state index >= 15 is 0 Å². The molecule has 0 aliphatic rings. The van der Waals surface area contributed by atoms with Crippen molar-refractivity contribution >= 4 is 16.0 Å². The van der Waals surface area contributed by atoms with Crippen LogP contribution >= 0.6 is 0 Å². The summed E-state index contributed by atoms with van der Waals surface area (Å²) in [7, 11) is -3.92. The fourth-order valence-corrected chi connectivity index (χ4v) is 2.46. The molecule has 0 spiro atoms. The molecule has 0 saturated heterocycles. The molecule has 0 fully saturated rings. The lowest BCUT2D eigenvalue weighted by Crippen LogP contribution is -2.23. The van der Waals surface area contributed by atoms with Crippen molar-refractivity contribution in [1.82, 2.24) is 9.88 Å². The van der Waals surface area contributed by atoms with Crippen molar-refractivity contribution in [3.05, 3.63) is 41.8 Å². The van der Waals surface area contributed by atoms with Gasteiger partial charge in [0.2, 0.25) is 10.0 Å². The standard InChI is InChI=1S/C11H10N2O6S/c14-10-2-1-8(5-9(10)11(15)16)20(17,18)13-6-7-3-4-12-19-7/h1-5,13-14H,6H2,(H,15,16). The quantitative estimate of drug-likeness (QED) is 0.735. The Hall–Kier alpha value is -2.39. The monoisotopic (exact) mass is 298 g/mol. The van der Waals surface area contributed by atoms with Crippen LogP contribution in [-0.4, -0.2) is 29.8 Å². The van der Waals surface area contributed by atoms with Crippen LogP contribution in [0.5, 0.6) is 5.75 Å². The van der Waals surface area contributed by atoms with E-state index in [9.17, 15) is 18.3 Å². The van der Waals surface area contributed by atoms with Crippen LogP contribution in [0, 0.1) is 0 Å². The van der Waals surface area contributed by atoms with Gasteiger partial charge in [0, 0.05) is 6.07 Å². The molecule has 2 aromatic rings. The Kier molecular flexibility index (Phi) is 3.72. The number of rotatable bonds is 5. The average molecular weight is 298 g/mol. The van der Waals surface area contributed by atoms with Gasteiger partial charge in [0.05, 0.1) is 17.6 Å². The molecule has 0 radical (unpaired) electrons. The zero-order valence-electron chi connectivity index (χ0n) is 9.98. The van der Waals surface area contributed by atoms with Crippen LogP contribution in [0.3, 0.4) is 0 Å². The number of hydrogen-bond acceptors (Lipinski definition) is 6. The Balaban J connectivity index is 2.25. The molecule has 1 heterocycles. The Bertz CT molecular complexity index is 723. The number of hydrogen-bond donors (Lipinski definition) is 3. The number of nitrogens with zero attached hydrogens (tertiary/aromatic N) is 1. The molecule has 106 valence electrons. The largest absolute Gasteiger partial charge is 0.507 e. The van der Waals surface area contributed by atoms with E-state index < -0.39 is 27.3 Å².